The summed E-state index contributed by atoms with van der Waals surface area (Å²) >= 11 is 3.04. The van der Waals surface area contributed by atoms with Crippen LogP contribution in [0.15, 0.2) is 47.1 Å². The van der Waals surface area contributed by atoms with Crippen molar-refractivity contribution >= 4 is 39.2 Å². The van der Waals surface area contributed by atoms with E-state index in [0.29, 0.717) is 12.3 Å². The Morgan fingerprint density at radius 2 is 2.08 bits per heavy atom. The highest BCUT2D eigenvalue weighted by atomic mass is 32.2. The number of thioether (sulfide) groups is 1. The number of nitrogens with zero attached hydrogens (tertiary/aromatic N) is 2. The Kier molecular flexibility index (Phi) is 5.66. The summed E-state index contributed by atoms with van der Waals surface area (Å²) in [7, 11) is 1.65. The molecule has 1 aromatic carbocycles. The maximum absolute atomic E-state index is 12.0. The minimum atomic E-state index is 0.0110. The number of ether oxygens (including phenoxy) is 1. The molecule has 5 nitrogen and oxygen atoms in total. The Morgan fingerprint density at radius 3 is 2.88 bits per heavy atom. The van der Waals surface area contributed by atoms with Gasteiger partial charge in [-0.2, -0.15) is 0 Å². The molecule has 0 bridgehead atoms. The minimum absolute atomic E-state index is 0.0110. The van der Waals surface area contributed by atoms with Gasteiger partial charge < -0.3 is 10.1 Å². The van der Waals surface area contributed by atoms with E-state index in [1.54, 1.807) is 24.8 Å². The van der Waals surface area contributed by atoms with Gasteiger partial charge in [-0.3, -0.25) is 4.79 Å². The molecule has 0 saturated carbocycles. The van der Waals surface area contributed by atoms with E-state index in [2.05, 4.69) is 15.3 Å². The summed E-state index contributed by atoms with van der Waals surface area (Å²) in [5.41, 5.74) is 2.09. The lowest BCUT2D eigenvalue weighted by Crippen LogP contribution is -2.27. The van der Waals surface area contributed by atoms with Gasteiger partial charge >= 0.3 is 0 Å². The Morgan fingerprint density at radius 1 is 1.25 bits per heavy atom. The molecule has 0 radical (unpaired) electrons. The van der Waals surface area contributed by atoms with Gasteiger partial charge in [0.1, 0.15) is 17.1 Å². The van der Waals surface area contributed by atoms with Gasteiger partial charge in [0.25, 0.3) is 0 Å². The second-order valence-corrected chi connectivity index (χ2v) is 6.93. The van der Waals surface area contributed by atoms with E-state index in [-0.39, 0.29) is 5.91 Å². The summed E-state index contributed by atoms with van der Waals surface area (Å²) in [5, 5.41) is 5.79. The number of fused-ring (bicyclic) bond motifs is 1. The predicted molar refractivity (Wildman–Crippen MR) is 97.8 cm³/mol. The van der Waals surface area contributed by atoms with Gasteiger partial charge in [0, 0.05) is 6.54 Å². The third-order valence-electron chi connectivity index (χ3n) is 3.45. The summed E-state index contributed by atoms with van der Waals surface area (Å²) in [6, 6.07) is 9.83. The first kappa shape index (κ1) is 16.7. The van der Waals surface area contributed by atoms with Crippen LogP contribution in [0.5, 0.6) is 5.75 Å². The molecule has 0 fully saturated rings. The molecule has 7 heteroatoms. The van der Waals surface area contributed by atoms with Crippen molar-refractivity contribution in [3.63, 3.8) is 0 Å². The van der Waals surface area contributed by atoms with Crippen molar-refractivity contribution in [2.24, 2.45) is 0 Å². The number of carbonyl (C=O) groups is 1. The highest BCUT2D eigenvalue weighted by molar-refractivity contribution is 8.00. The van der Waals surface area contributed by atoms with Crippen molar-refractivity contribution in [2.75, 3.05) is 19.4 Å². The smallest absolute Gasteiger partial charge is 0.230 e. The molecule has 0 unspecified atom stereocenters. The highest BCUT2D eigenvalue weighted by Gasteiger charge is 2.08. The normalized spacial score (nSPS) is 10.7. The van der Waals surface area contributed by atoms with Crippen LogP contribution in [0.4, 0.5) is 0 Å². The van der Waals surface area contributed by atoms with E-state index in [1.807, 2.05) is 35.7 Å². The van der Waals surface area contributed by atoms with Crippen LogP contribution < -0.4 is 10.1 Å². The number of aromatic nitrogens is 2. The molecule has 0 saturated heterocycles. The molecule has 24 heavy (non-hydrogen) atoms. The molecule has 124 valence electrons. The molecule has 3 rings (SSSR count). The maximum Gasteiger partial charge on any atom is 0.230 e. The number of hydrogen-bond donors (Lipinski definition) is 1. The van der Waals surface area contributed by atoms with Gasteiger partial charge in [0.05, 0.1) is 23.1 Å². The van der Waals surface area contributed by atoms with Crippen molar-refractivity contribution in [2.45, 2.75) is 11.4 Å². The molecule has 0 spiro atoms. The van der Waals surface area contributed by atoms with Crippen LogP contribution >= 0.6 is 23.1 Å². The highest BCUT2D eigenvalue weighted by Crippen LogP contribution is 2.28. The van der Waals surface area contributed by atoms with Crippen molar-refractivity contribution < 1.29 is 9.53 Å². The van der Waals surface area contributed by atoms with Crippen LogP contribution in [-0.2, 0) is 11.2 Å². The first-order valence-electron chi connectivity index (χ1n) is 7.47. The Labute approximate surface area is 148 Å². The zero-order valence-corrected chi connectivity index (χ0v) is 14.8. The monoisotopic (exact) mass is 359 g/mol. The van der Waals surface area contributed by atoms with E-state index in [1.165, 1.54) is 17.3 Å². The Bertz CT molecular complexity index is 818. The molecule has 2 aromatic heterocycles. The fraction of sp³-hybridized carbons (Fsp3) is 0.235. The molecule has 0 aliphatic rings. The Hall–Kier alpha value is -2.12. The molecular weight excluding hydrogens is 342 g/mol. The van der Waals surface area contributed by atoms with Gasteiger partial charge in [-0.15, -0.1) is 11.3 Å². The zero-order valence-electron chi connectivity index (χ0n) is 13.2. The van der Waals surface area contributed by atoms with E-state index < -0.39 is 0 Å². The van der Waals surface area contributed by atoms with Gasteiger partial charge in [-0.05, 0) is 35.6 Å². The lowest BCUT2D eigenvalue weighted by atomic mass is 10.1. The number of benzene rings is 1. The van der Waals surface area contributed by atoms with Crippen LogP contribution in [0.2, 0.25) is 0 Å². The summed E-state index contributed by atoms with van der Waals surface area (Å²) in [6.07, 6.45) is 2.34. The van der Waals surface area contributed by atoms with E-state index in [0.717, 1.165) is 27.4 Å². The van der Waals surface area contributed by atoms with Gasteiger partial charge in [-0.1, -0.05) is 23.9 Å². The average molecular weight is 359 g/mol. The zero-order chi connectivity index (χ0) is 16.8. The lowest BCUT2D eigenvalue weighted by molar-refractivity contribution is -0.118. The molecule has 2 heterocycles. The molecule has 1 amide bonds. The third kappa shape index (κ3) is 4.24. The van der Waals surface area contributed by atoms with Crippen LogP contribution in [0.1, 0.15) is 5.56 Å². The van der Waals surface area contributed by atoms with Gasteiger partial charge in [0.2, 0.25) is 5.91 Å². The van der Waals surface area contributed by atoms with Crippen LogP contribution in [0, 0.1) is 0 Å². The molecular formula is C17H17N3O2S2. The fourth-order valence-corrected chi connectivity index (χ4v) is 3.97. The van der Waals surface area contributed by atoms with E-state index >= 15 is 0 Å². The number of methoxy groups -OCH3 is 1. The van der Waals surface area contributed by atoms with Gasteiger partial charge in [0.15, 0.2) is 0 Å². The standard InChI is InChI=1S/C17H17N3O2S2/c1-22-13-4-2-12(3-5-13)6-8-18-15(21)10-24-17-16-14(7-9-23-16)19-11-20-17/h2-5,7,9,11H,6,8,10H2,1H3,(H,18,21). The van der Waals surface area contributed by atoms with Crippen LogP contribution in [0.3, 0.4) is 0 Å². The molecule has 0 atom stereocenters. The van der Waals surface area contributed by atoms with Crippen molar-refractivity contribution in [1.82, 2.24) is 15.3 Å². The summed E-state index contributed by atoms with van der Waals surface area (Å²) < 4.78 is 6.16. The number of thiophene rings is 1. The second-order valence-electron chi connectivity index (χ2n) is 5.05. The quantitative estimate of drug-likeness (QED) is 0.519. The fourth-order valence-electron chi connectivity index (χ4n) is 2.19. The molecule has 0 aliphatic carbocycles. The number of hydrogen-bond acceptors (Lipinski definition) is 6. The van der Waals surface area contributed by atoms with Crippen LogP contribution in [0.25, 0.3) is 10.2 Å². The minimum Gasteiger partial charge on any atom is -0.497 e. The lowest BCUT2D eigenvalue weighted by Gasteiger charge is -2.06. The average Bonchev–Trinajstić information content (AvgIpc) is 3.10. The number of carbonyl (C=O) groups excluding carboxylic acids is 1. The Balaban J connectivity index is 1.45. The predicted octanol–water partition coefficient (Wildman–Crippen LogP) is 3.15. The van der Waals surface area contributed by atoms with E-state index in [4.69, 9.17) is 4.74 Å². The molecule has 1 N–H and O–H groups in total. The third-order valence-corrected chi connectivity index (χ3v) is 5.47. The SMILES string of the molecule is COc1ccc(CCNC(=O)CSc2ncnc3ccsc23)cc1. The molecule has 3 aromatic rings. The van der Waals surface area contributed by atoms with E-state index in [9.17, 15) is 4.79 Å². The summed E-state index contributed by atoms with van der Waals surface area (Å²) in [5.74, 6) is 1.20. The molecule has 0 aliphatic heterocycles. The largest absolute Gasteiger partial charge is 0.497 e. The number of amides is 1. The topological polar surface area (TPSA) is 64.1 Å². The first-order chi connectivity index (χ1) is 11.8. The maximum atomic E-state index is 12.0. The van der Waals surface area contributed by atoms with Crippen LogP contribution in [-0.4, -0.2) is 35.3 Å². The van der Waals surface area contributed by atoms with Crippen molar-refractivity contribution in [1.29, 1.82) is 0 Å². The summed E-state index contributed by atoms with van der Waals surface area (Å²) in [6.45, 7) is 0.615. The van der Waals surface area contributed by atoms with Gasteiger partial charge in [-0.25, -0.2) is 9.97 Å². The van der Waals surface area contributed by atoms with Crippen molar-refractivity contribution in [3.8, 4) is 5.75 Å². The summed E-state index contributed by atoms with van der Waals surface area (Å²) in [4.78, 5) is 20.5. The van der Waals surface area contributed by atoms with Crippen molar-refractivity contribution in [3.05, 3.63) is 47.6 Å². The number of nitrogens with one attached hydrogen (secondary N) is 1. The second kappa shape index (κ2) is 8.12. The first-order valence-corrected chi connectivity index (χ1v) is 9.33. The number of rotatable bonds is 7.